The van der Waals surface area contributed by atoms with Crippen molar-refractivity contribution in [3.05, 3.63) is 78.5 Å². The Hall–Kier alpha value is -3.41. The van der Waals surface area contributed by atoms with Gasteiger partial charge in [-0.15, -0.1) is 0 Å². The molecule has 0 saturated carbocycles. The van der Waals surface area contributed by atoms with Crippen molar-refractivity contribution in [3.63, 3.8) is 0 Å². The summed E-state index contributed by atoms with van der Waals surface area (Å²) in [5.74, 6) is 0.838. The number of hydrogen-bond donors (Lipinski definition) is 1. The molecule has 35 heavy (non-hydrogen) atoms. The fraction of sp³-hybridized carbons (Fsp3) is 0.379. The number of anilines is 1. The Bertz CT molecular complexity index is 1220. The summed E-state index contributed by atoms with van der Waals surface area (Å²) in [6.45, 7) is 11.3. The van der Waals surface area contributed by atoms with Crippen LogP contribution in [0.25, 0.3) is 22.5 Å². The highest BCUT2D eigenvalue weighted by atomic mass is 19.1. The molecule has 0 unspecified atom stereocenters. The number of alkyl halides is 1. The van der Waals surface area contributed by atoms with Crippen LogP contribution in [0.5, 0.6) is 0 Å². The first-order valence-corrected chi connectivity index (χ1v) is 12.8. The zero-order chi connectivity index (χ0) is 24.8. The molecule has 0 amide bonds. The van der Waals surface area contributed by atoms with Gasteiger partial charge >= 0.3 is 0 Å². The summed E-state index contributed by atoms with van der Waals surface area (Å²) in [6.07, 6.45) is 11.1. The summed E-state index contributed by atoms with van der Waals surface area (Å²) in [6, 6.07) is 10.3. The fourth-order valence-electron chi connectivity index (χ4n) is 4.93. The van der Waals surface area contributed by atoms with Gasteiger partial charge in [0.1, 0.15) is 6.17 Å². The number of aromatic nitrogens is 3. The van der Waals surface area contributed by atoms with Crippen LogP contribution in [-0.4, -0.2) is 33.6 Å². The quantitative estimate of drug-likeness (QED) is 0.421. The third kappa shape index (κ3) is 5.02. The van der Waals surface area contributed by atoms with E-state index in [1.165, 1.54) is 16.8 Å². The molecule has 1 fully saturated rings. The van der Waals surface area contributed by atoms with Crippen molar-refractivity contribution in [3.8, 4) is 11.3 Å². The number of piperidine rings is 1. The van der Waals surface area contributed by atoms with Crippen molar-refractivity contribution in [1.82, 2.24) is 19.7 Å². The molecule has 0 atom stereocenters. The van der Waals surface area contributed by atoms with Gasteiger partial charge in [-0.1, -0.05) is 63.8 Å². The van der Waals surface area contributed by atoms with Crippen LogP contribution in [0.1, 0.15) is 58.6 Å². The minimum Gasteiger partial charge on any atom is -0.365 e. The first kappa shape index (κ1) is 24.7. The zero-order valence-electron chi connectivity index (χ0n) is 21.1. The van der Waals surface area contributed by atoms with Gasteiger partial charge in [-0.25, -0.2) is 14.4 Å². The second kappa shape index (κ2) is 11.3. The van der Waals surface area contributed by atoms with Gasteiger partial charge < -0.3 is 10.2 Å². The van der Waals surface area contributed by atoms with E-state index in [9.17, 15) is 4.39 Å². The van der Waals surface area contributed by atoms with E-state index in [1.54, 1.807) is 6.20 Å². The molecule has 5 rings (SSSR count). The highest BCUT2D eigenvalue weighted by Gasteiger charge is 2.26. The average molecular weight is 474 g/mol. The van der Waals surface area contributed by atoms with E-state index in [0.29, 0.717) is 25.9 Å². The van der Waals surface area contributed by atoms with Gasteiger partial charge in [0.25, 0.3) is 0 Å². The second-order valence-electron chi connectivity index (χ2n) is 8.66. The van der Waals surface area contributed by atoms with E-state index in [0.717, 1.165) is 47.7 Å². The van der Waals surface area contributed by atoms with Crippen molar-refractivity contribution >= 4 is 17.0 Å². The Morgan fingerprint density at radius 3 is 2.57 bits per heavy atom. The SMILES string of the molecule is C=CNC1=C(CC)C=C(c2c(-c3ccccc3)nc3c(N4CCC(F)CC4)nccn23)CC1.CC. The van der Waals surface area contributed by atoms with Gasteiger partial charge in [0.2, 0.25) is 0 Å². The van der Waals surface area contributed by atoms with Gasteiger partial charge in [0.05, 0.1) is 11.4 Å². The summed E-state index contributed by atoms with van der Waals surface area (Å²) in [4.78, 5) is 12.0. The minimum atomic E-state index is -0.721. The van der Waals surface area contributed by atoms with Gasteiger partial charge in [0.15, 0.2) is 11.5 Å². The first-order valence-electron chi connectivity index (χ1n) is 12.8. The molecule has 6 heteroatoms. The third-order valence-corrected chi connectivity index (χ3v) is 6.64. The lowest BCUT2D eigenvalue weighted by Crippen LogP contribution is -2.35. The number of rotatable bonds is 6. The third-order valence-electron chi connectivity index (χ3n) is 6.64. The van der Waals surface area contributed by atoms with Gasteiger partial charge in [-0.05, 0) is 49.5 Å². The predicted octanol–water partition coefficient (Wildman–Crippen LogP) is 6.94. The number of allylic oxidation sites excluding steroid dienone is 4. The molecule has 1 aliphatic heterocycles. The number of nitrogens with one attached hydrogen (secondary N) is 1. The van der Waals surface area contributed by atoms with Gasteiger partial charge in [0, 0.05) is 36.7 Å². The molecule has 184 valence electrons. The molecule has 1 N–H and O–H groups in total. The number of fused-ring (bicyclic) bond motifs is 1. The Morgan fingerprint density at radius 1 is 1.14 bits per heavy atom. The molecule has 0 spiro atoms. The normalized spacial score (nSPS) is 16.6. The van der Waals surface area contributed by atoms with E-state index in [-0.39, 0.29) is 0 Å². The molecule has 1 aliphatic carbocycles. The summed E-state index contributed by atoms with van der Waals surface area (Å²) in [5, 5.41) is 3.32. The van der Waals surface area contributed by atoms with E-state index in [2.05, 4.69) is 51.3 Å². The van der Waals surface area contributed by atoms with Crippen molar-refractivity contribution < 1.29 is 4.39 Å². The fourth-order valence-corrected chi connectivity index (χ4v) is 4.93. The highest BCUT2D eigenvalue weighted by Crippen LogP contribution is 2.38. The number of benzene rings is 1. The van der Waals surface area contributed by atoms with Crippen LogP contribution < -0.4 is 10.2 Å². The summed E-state index contributed by atoms with van der Waals surface area (Å²) < 4.78 is 16.0. The Labute approximate surface area is 208 Å². The van der Waals surface area contributed by atoms with Crippen molar-refractivity contribution in [2.45, 2.75) is 59.0 Å². The van der Waals surface area contributed by atoms with Gasteiger partial charge in [-0.3, -0.25) is 4.40 Å². The van der Waals surface area contributed by atoms with Crippen LogP contribution in [-0.2, 0) is 0 Å². The smallest absolute Gasteiger partial charge is 0.181 e. The topological polar surface area (TPSA) is 45.5 Å². The summed E-state index contributed by atoms with van der Waals surface area (Å²) in [7, 11) is 0. The molecule has 0 radical (unpaired) electrons. The molecule has 1 saturated heterocycles. The van der Waals surface area contributed by atoms with Crippen LogP contribution in [0.4, 0.5) is 10.2 Å². The Kier molecular flexibility index (Phi) is 8.01. The molecule has 2 aromatic heterocycles. The summed E-state index contributed by atoms with van der Waals surface area (Å²) >= 11 is 0. The van der Waals surface area contributed by atoms with E-state index >= 15 is 0 Å². The highest BCUT2D eigenvalue weighted by molar-refractivity contribution is 5.84. The van der Waals surface area contributed by atoms with Crippen molar-refractivity contribution in [2.24, 2.45) is 0 Å². The molecule has 0 bridgehead atoms. The standard InChI is InChI=1S/C27H30FN5.C2H6/c1-3-19-18-21(10-11-23(19)29-4-2)25-24(20-8-6-5-7-9-20)31-27-26(30-14-17-33(25)27)32-15-12-22(28)13-16-32;1-2/h4-9,14,17-18,22,29H,2-3,10-13,15-16H2,1H3;1-2H3. The molecular weight excluding hydrogens is 437 g/mol. The first-order chi connectivity index (χ1) is 17.2. The van der Waals surface area contributed by atoms with Crippen molar-refractivity contribution in [1.29, 1.82) is 0 Å². The van der Waals surface area contributed by atoms with Crippen molar-refractivity contribution in [2.75, 3.05) is 18.0 Å². The zero-order valence-corrected chi connectivity index (χ0v) is 21.1. The molecule has 1 aromatic carbocycles. The number of hydrogen-bond acceptors (Lipinski definition) is 4. The average Bonchev–Trinajstić information content (AvgIpc) is 3.31. The maximum absolute atomic E-state index is 13.8. The van der Waals surface area contributed by atoms with Crippen LogP contribution in [0.3, 0.4) is 0 Å². The predicted molar refractivity (Wildman–Crippen MR) is 144 cm³/mol. The number of nitrogens with zero attached hydrogens (tertiary/aromatic N) is 4. The number of halogens is 1. The molecule has 5 nitrogen and oxygen atoms in total. The Balaban J connectivity index is 0.00000141. The maximum atomic E-state index is 13.8. The number of imidazole rings is 1. The Morgan fingerprint density at radius 2 is 1.89 bits per heavy atom. The van der Waals surface area contributed by atoms with Crippen LogP contribution in [0.2, 0.25) is 0 Å². The second-order valence-corrected chi connectivity index (χ2v) is 8.66. The molecular formula is C29H36FN5. The molecule has 3 heterocycles. The maximum Gasteiger partial charge on any atom is 0.181 e. The summed E-state index contributed by atoms with van der Waals surface area (Å²) in [5.41, 5.74) is 7.81. The van der Waals surface area contributed by atoms with Crippen LogP contribution >= 0.6 is 0 Å². The van der Waals surface area contributed by atoms with Gasteiger partial charge in [-0.2, -0.15) is 0 Å². The lowest BCUT2D eigenvalue weighted by atomic mass is 9.91. The minimum absolute atomic E-state index is 0.538. The lowest BCUT2D eigenvalue weighted by Gasteiger charge is -2.29. The van der Waals surface area contributed by atoms with Crippen LogP contribution in [0.15, 0.2) is 72.9 Å². The monoisotopic (exact) mass is 473 g/mol. The van der Waals surface area contributed by atoms with Crippen LogP contribution in [0, 0.1) is 0 Å². The molecule has 2 aliphatic rings. The van der Waals surface area contributed by atoms with E-state index in [1.807, 2.05) is 44.4 Å². The largest absolute Gasteiger partial charge is 0.365 e. The lowest BCUT2D eigenvalue weighted by molar-refractivity contribution is 0.277. The molecule has 3 aromatic rings. The van der Waals surface area contributed by atoms with E-state index in [4.69, 9.17) is 4.98 Å². The van der Waals surface area contributed by atoms with E-state index < -0.39 is 6.17 Å².